The molecule has 2 aromatic carbocycles. The van der Waals surface area contributed by atoms with Crippen LogP contribution in [0.15, 0.2) is 53.4 Å². The lowest BCUT2D eigenvalue weighted by molar-refractivity contribution is 0.122. The maximum absolute atomic E-state index is 13.6. The molecule has 5 rings (SSSR count). The number of aromatic nitrogens is 2. The smallest absolute Gasteiger partial charge is 0.265 e. The topological polar surface area (TPSA) is 105 Å². The van der Waals surface area contributed by atoms with Gasteiger partial charge >= 0.3 is 0 Å². The third-order valence-electron chi connectivity index (χ3n) is 5.82. The number of phenols is 1. The van der Waals surface area contributed by atoms with Gasteiger partial charge < -0.3 is 19.5 Å². The van der Waals surface area contributed by atoms with Gasteiger partial charge in [-0.05, 0) is 30.7 Å². The van der Waals surface area contributed by atoms with E-state index < -0.39 is 10.0 Å². The van der Waals surface area contributed by atoms with E-state index in [1.807, 2.05) is 11.0 Å². The van der Waals surface area contributed by atoms with Gasteiger partial charge in [0.25, 0.3) is 10.0 Å². The van der Waals surface area contributed by atoms with Crippen molar-refractivity contribution < 1.29 is 23.0 Å². The van der Waals surface area contributed by atoms with E-state index in [2.05, 4.69) is 0 Å². The van der Waals surface area contributed by atoms with E-state index in [1.54, 1.807) is 36.4 Å². The van der Waals surface area contributed by atoms with Gasteiger partial charge in [0, 0.05) is 36.8 Å². The molecule has 0 unspecified atom stereocenters. The number of benzene rings is 2. The predicted molar refractivity (Wildman–Crippen MR) is 123 cm³/mol. The van der Waals surface area contributed by atoms with Crippen LogP contribution >= 0.6 is 0 Å². The SMILES string of the molecule is COc1cccc(S(=O)(=O)N2CCc3c(-c4cccc(O)c4)nc(N4CCOCC4)nc32)c1. The van der Waals surface area contributed by atoms with Crippen molar-refractivity contribution in [3.05, 3.63) is 54.1 Å². The number of methoxy groups -OCH3 is 1. The molecular weight excluding hydrogens is 444 g/mol. The first kappa shape index (κ1) is 21.5. The average molecular weight is 469 g/mol. The highest BCUT2D eigenvalue weighted by atomic mass is 32.2. The quantitative estimate of drug-likeness (QED) is 0.609. The lowest BCUT2D eigenvalue weighted by Crippen LogP contribution is -2.38. The van der Waals surface area contributed by atoms with Crippen LogP contribution in [0.1, 0.15) is 5.56 Å². The van der Waals surface area contributed by atoms with Crippen molar-refractivity contribution >= 4 is 21.8 Å². The predicted octanol–water partition coefficient (Wildman–Crippen LogP) is 2.45. The van der Waals surface area contributed by atoms with Crippen molar-refractivity contribution in [1.82, 2.24) is 9.97 Å². The van der Waals surface area contributed by atoms with Gasteiger partial charge in [-0.1, -0.05) is 18.2 Å². The summed E-state index contributed by atoms with van der Waals surface area (Å²) in [5, 5.41) is 10.0. The van der Waals surface area contributed by atoms with Gasteiger partial charge in [-0.25, -0.2) is 17.7 Å². The molecule has 0 saturated carbocycles. The summed E-state index contributed by atoms with van der Waals surface area (Å²) in [5.41, 5.74) is 2.08. The fraction of sp³-hybridized carbons (Fsp3) is 0.304. The molecule has 2 aliphatic rings. The number of sulfonamides is 1. The molecule has 1 aromatic heterocycles. The maximum atomic E-state index is 13.6. The molecule has 0 bridgehead atoms. The normalized spacial score (nSPS) is 16.0. The van der Waals surface area contributed by atoms with E-state index in [0.29, 0.717) is 61.5 Å². The summed E-state index contributed by atoms with van der Waals surface area (Å²) in [6.07, 6.45) is 0.465. The molecule has 10 heteroatoms. The number of ether oxygens (including phenoxy) is 2. The number of phenolic OH excluding ortho intramolecular Hbond substituents is 1. The number of hydrogen-bond acceptors (Lipinski definition) is 8. The van der Waals surface area contributed by atoms with Crippen molar-refractivity contribution in [1.29, 1.82) is 0 Å². The number of aromatic hydroxyl groups is 1. The van der Waals surface area contributed by atoms with E-state index in [-0.39, 0.29) is 17.2 Å². The molecule has 1 fully saturated rings. The minimum absolute atomic E-state index is 0.117. The van der Waals surface area contributed by atoms with Crippen LogP contribution in [-0.4, -0.2) is 63.5 Å². The lowest BCUT2D eigenvalue weighted by atomic mass is 10.1. The number of rotatable bonds is 5. The largest absolute Gasteiger partial charge is 0.508 e. The van der Waals surface area contributed by atoms with Crippen LogP contribution in [0, 0.1) is 0 Å². The highest BCUT2D eigenvalue weighted by Gasteiger charge is 2.36. The van der Waals surface area contributed by atoms with Crippen molar-refractivity contribution in [3.63, 3.8) is 0 Å². The van der Waals surface area contributed by atoms with Crippen molar-refractivity contribution in [2.24, 2.45) is 0 Å². The molecule has 1 N–H and O–H groups in total. The Kier molecular flexibility index (Phi) is 5.55. The summed E-state index contributed by atoms with van der Waals surface area (Å²) in [7, 11) is -2.37. The van der Waals surface area contributed by atoms with Crippen LogP contribution in [0.4, 0.5) is 11.8 Å². The number of hydrogen-bond donors (Lipinski definition) is 1. The van der Waals surface area contributed by atoms with Gasteiger partial charge in [-0.3, -0.25) is 0 Å². The molecule has 0 atom stereocenters. The molecule has 0 spiro atoms. The Morgan fingerprint density at radius 2 is 1.82 bits per heavy atom. The molecule has 0 radical (unpaired) electrons. The molecular formula is C23H24N4O5S. The Hall–Kier alpha value is -3.37. The fourth-order valence-corrected chi connectivity index (χ4v) is 5.62. The second kappa shape index (κ2) is 8.53. The molecule has 2 aliphatic heterocycles. The molecule has 0 aliphatic carbocycles. The standard InChI is InChI=1S/C23H24N4O5S/c1-31-18-6-3-7-19(15-18)33(29,30)27-9-8-20-21(16-4-2-5-17(28)14-16)24-23(25-22(20)27)26-10-12-32-13-11-26/h2-7,14-15,28H,8-13H2,1H3. The summed E-state index contributed by atoms with van der Waals surface area (Å²) in [6.45, 7) is 2.57. The minimum Gasteiger partial charge on any atom is -0.508 e. The number of anilines is 2. The first-order valence-corrected chi connectivity index (χ1v) is 12.1. The highest BCUT2D eigenvalue weighted by molar-refractivity contribution is 7.92. The van der Waals surface area contributed by atoms with E-state index in [4.69, 9.17) is 19.4 Å². The summed E-state index contributed by atoms with van der Waals surface area (Å²) in [5.74, 6) is 1.40. The van der Waals surface area contributed by atoms with Gasteiger partial charge in [0.2, 0.25) is 5.95 Å². The second-order valence-electron chi connectivity index (χ2n) is 7.83. The van der Waals surface area contributed by atoms with E-state index >= 15 is 0 Å². The molecule has 33 heavy (non-hydrogen) atoms. The van der Waals surface area contributed by atoms with Crippen LogP contribution in [0.5, 0.6) is 11.5 Å². The van der Waals surface area contributed by atoms with Gasteiger partial charge in [0.15, 0.2) is 5.82 Å². The third-order valence-corrected chi connectivity index (χ3v) is 7.60. The summed E-state index contributed by atoms with van der Waals surface area (Å²) >= 11 is 0. The molecule has 0 amide bonds. The van der Waals surface area contributed by atoms with Crippen LogP contribution in [0.25, 0.3) is 11.3 Å². The minimum atomic E-state index is -3.87. The zero-order valence-electron chi connectivity index (χ0n) is 18.1. The first-order chi connectivity index (χ1) is 16.0. The second-order valence-corrected chi connectivity index (χ2v) is 9.69. The molecule has 172 valence electrons. The highest BCUT2D eigenvalue weighted by Crippen LogP contribution is 2.39. The zero-order chi connectivity index (χ0) is 23.0. The molecule has 3 aromatic rings. The average Bonchev–Trinajstić information content (AvgIpc) is 3.29. The molecule has 9 nitrogen and oxygen atoms in total. The van der Waals surface area contributed by atoms with E-state index in [0.717, 1.165) is 5.56 Å². The Morgan fingerprint density at radius 1 is 1.03 bits per heavy atom. The fourth-order valence-electron chi connectivity index (χ4n) is 4.14. The van der Waals surface area contributed by atoms with Gasteiger partial charge in [-0.2, -0.15) is 4.98 Å². The summed E-state index contributed by atoms with van der Waals surface area (Å²) in [6, 6.07) is 13.2. The molecule has 3 heterocycles. The van der Waals surface area contributed by atoms with Crippen LogP contribution in [0.3, 0.4) is 0 Å². The van der Waals surface area contributed by atoms with Crippen LogP contribution in [-0.2, 0) is 21.2 Å². The lowest BCUT2D eigenvalue weighted by Gasteiger charge is -2.28. The molecule has 1 saturated heterocycles. The summed E-state index contributed by atoms with van der Waals surface area (Å²) < 4.78 is 39.2. The zero-order valence-corrected chi connectivity index (χ0v) is 19.0. The van der Waals surface area contributed by atoms with E-state index in [9.17, 15) is 13.5 Å². The first-order valence-electron chi connectivity index (χ1n) is 10.7. The Morgan fingerprint density at radius 3 is 2.58 bits per heavy atom. The van der Waals surface area contributed by atoms with Crippen molar-refractivity contribution in [2.75, 3.05) is 49.2 Å². The van der Waals surface area contributed by atoms with Crippen molar-refractivity contribution in [3.8, 4) is 22.8 Å². The number of fused-ring (bicyclic) bond motifs is 1. The Balaban J connectivity index is 1.65. The number of morpholine rings is 1. The number of nitrogens with zero attached hydrogens (tertiary/aromatic N) is 4. The van der Waals surface area contributed by atoms with Gasteiger partial charge in [0.1, 0.15) is 11.5 Å². The monoisotopic (exact) mass is 468 g/mol. The van der Waals surface area contributed by atoms with Crippen molar-refractivity contribution in [2.45, 2.75) is 11.3 Å². The van der Waals surface area contributed by atoms with Gasteiger partial charge in [-0.15, -0.1) is 0 Å². The third kappa shape index (κ3) is 3.96. The van der Waals surface area contributed by atoms with E-state index in [1.165, 1.54) is 17.5 Å². The maximum Gasteiger partial charge on any atom is 0.265 e. The Labute approximate surface area is 192 Å². The Bertz CT molecular complexity index is 1290. The van der Waals surface area contributed by atoms with Crippen LogP contribution in [0.2, 0.25) is 0 Å². The van der Waals surface area contributed by atoms with Crippen LogP contribution < -0.4 is 13.9 Å². The van der Waals surface area contributed by atoms with Gasteiger partial charge in [0.05, 0.1) is 30.9 Å². The summed E-state index contributed by atoms with van der Waals surface area (Å²) in [4.78, 5) is 11.6.